The molecule has 1 unspecified atom stereocenters. The van der Waals surface area contributed by atoms with Gasteiger partial charge >= 0.3 is 11.9 Å². The van der Waals surface area contributed by atoms with Crippen LogP contribution in [0.25, 0.3) is 0 Å². The van der Waals surface area contributed by atoms with E-state index in [-0.39, 0.29) is 12.2 Å². The molecule has 19 heavy (non-hydrogen) atoms. The normalized spacial score (nSPS) is 11.4. The molecule has 0 radical (unpaired) electrons. The lowest BCUT2D eigenvalue weighted by Crippen LogP contribution is -2.21. The average molecular weight is 264 g/mol. The maximum atomic E-state index is 11.7. The number of esters is 2. The molecule has 1 rings (SSSR count). The summed E-state index contributed by atoms with van der Waals surface area (Å²) in [7, 11) is 0. The third-order valence-corrected chi connectivity index (χ3v) is 2.15. The van der Waals surface area contributed by atoms with E-state index in [1.165, 1.54) is 18.2 Å². The number of benzene rings is 1. The lowest BCUT2D eigenvalue weighted by Gasteiger charge is -2.12. The number of ether oxygens (including phenoxy) is 2. The molecule has 0 saturated heterocycles. The van der Waals surface area contributed by atoms with Crippen molar-refractivity contribution in [3.05, 3.63) is 36.4 Å². The summed E-state index contributed by atoms with van der Waals surface area (Å²) >= 11 is 0. The maximum Gasteiger partial charge on any atom is 0.338 e. The van der Waals surface area contributed by atoms with Gasteiger partial charge in [0.15, 0.2) is 0 Å². The van der Waals surface area contributed by atoms with Gasteiger partial charge in [0.2, 0.25) is 0 Å². The van der Waals surface area contributed by atoms with E-state index >= 15 is 0 Å². The number of carbonyl (C=O) groups excluding carboxylic acids is 2. The van der Waals surface area contributed by atoms with E-state index in [0.29, 0.717) is 11.4 Å². The Morgan fingerprint density at radius 1 is 1.32 bits per heavy atom. The Morgan fingerprint density at radius 3 is 2.42 bits per heavy atom. The first-order valence-corrected chi connectivity index (χ1v) is 5.58. The summed E-state index contributed by atoms with van der Waals surface area (Å²) < 4.78 is 9.83. The third kappa shape index (κ3) is 4.71. The molecule has 0 spiro atoms. The Bertz CT molecular complexity index is 479. The lowest BCUT2D eigenvalue weighted by molar-refractivity contribution is -0.144. The zero-order chi connectivity index (χ0) is 14.4. The van der Waals surface area contributed by atoms with Crippen LogP contribution in [0.3, 0.4) is 0 Å². The fraction of sp³-hybridized carbons (Fsp3) is 0.231. The summed E-state index contributed by atoms with van der Waals surface area (Å²) in [5.74, 6) is -1.16. The van der Waals surface area contributed by atoms with Crippen molar-refractivity contribution >= 4 is 23.3 Å². The molecule has 1 aromatic rings. The number of hydrogen-bond acceptors (Lipinski definition) is 6. The van der Waals surface area contributed by atoms with Crippen LogP contribution < -0.4 is 11.5 Å². The van der Waals surface area contributed by atoms with Crippen LogP contribution in [0.15, 0.2) is 30.9 Å². The molecule has 0 aromatic heterocycles. The van der Waals surface area contributed by atoms with Crippen LogP contribution in [0.4, 0.5) is 11.4 Å². The van der Waals surface area contributed by atoms with E-state index in [9.17, 15) is 9.59 Å². The zero-order valence-electron chi connectivity index (χ0n) is 10.6. The highest BCUT2D eigenvalue weighted by Crippen LogP contribution is 2.14. The average Bonchev–Trinajstić information content (AvgIpc) is 2.34. The summed E-state index contributed by atoms with van der Waals surface area (Å²) in [6.45, 7) is 4.80. The van der Waals surface area contributed by atoms with Gasteiger partial charge < -0.3 is 20.9 Å². The first kappa shape index (κ1) is 14.6. The van der Waals surface area contributed by atoms with E-state index in [1.807, 2.05) is 0 Å². The molecule has 0 saturated carbocycles. The molecule has 0 aliphatic carbocycles. The molecule has 0 aliphatic rings. The van der Waals surface area contributed by atoms with Gasteiger partial charge in [-0.15, -0.1) is 0 Å². The van der Waals surface area contributed by atoms with E-state index in [2.05, 4.69) is 6.58 Å². The maximum absolute atomic E-state index is 11.7. The number of rotatable bonds is 5. The number of carbonyl (C=O) groups is 2. The van der Waals surface area contributed by atoms with Crippen molar-refractivity contribution in [1.29, 1.82) is 0 Å². The third-order valence-electron chi connectivity index (χ3n) is 2.15. The fourth-order valence-corrected chi connectivity index (χ4v) is 1.35. The molecule has 1 aromatic carbocycles. The fourth-order valence-electron chi connectivity index (χ4n) is 1.35. The van der Waals surface area contributed by atoms with Gasteiger partial charge in [0.05, 0.1) is 5.56 Å². The molecule has 0 aliphatic heterocycles. The second-order valence-corrected chi connectivity index (χ2v) is 3.94. The van der Waals surface area contributed by atoms with Crippen molar-refractivity contribution in [3.63, 3.8) is 0 Å². The molecule has 1 atom stereocenters. The molecule has 4 N–H and O–H groups in total. The van der Waals surface area contributed by atoms with Crippen LogP contribution in [-0.4, -0.2) is 24.6 Å². The van der Waals surface area contributed by atoms with Crippen LogP contribution in [-0.2, 0) is 14.3 Å². The van der Waals surface area contributed by atoms with Crippen LogP contribution in [0.2, 0.25) is 0 Å². The Hall–Kier alpha value is -2.50. The molecular weight excluding hydrogens is 248 g/mol. The summed E-state index contributed by atoms with van der Waals surface area (Å²) in [6.07, 6.45) is 0.476. The smallest absolute Gasteiger partial charge is 0.338 e. The van der Waals surface area contributed by atoms with Gasteiger partial charge in [0, 0.05) is 17.5 Å². The molecule has 0 heterocycles. The molecular formula is C13H16N2O4. The highest BCUT2D eigenvalue weighted by atomic mass is 16.6. The van der Waals surface area contributed by atoms with E-state index in [1.54, 1.807) is 6.92 Å². The predicted octanol–water partition coefficient (Wildman–Crippen LogP) is 1.13. The van der Waals surface area contributed by atoms with E-state index in [4.69, 9.17) is 20.9 Å². The molecule has 0 bridgehead atoms. The minimum atomic E-state index is -0.583. The number of hydrogen-bond donors (Lipinski definition) is 2. The van der Waals surface area contributed by atoms with Crippen molar-refractivity contribution in [1.82, 2.24) is 0 Å². The van der Waals surface area contributed by atoms with Crippen molar-refractivity contribution in [2.24, 2.45) is 0 Å². The number of nitrogen functional groups attached to an aromatic ring is 2. The highest BCUT2D eigenvalue weighted by Gasteiger charge is 2.13. The lowest BCUT2D eigenvalue weighted by atomic mass is 10.2. The van der Waals surface area contributed by atoms with Crippen LogP contribution in [0.1, 0.15) is 17.3 Å². The second-order valence-electron chi connectivity index (χ2n) is 3.94. The van der Waals surface area contributed by atoms with Gasteiger partial charge in [-0.2, -0.15) is 0 Å². The highest BCUT2D eigenvalue weighted by molar-refractivity contribution is 5.91. The van der Waals surface area contributed by atoms with Crippen molar-refractivity contribution in [2.75, 3.05) is 18.1 Å². The second kappa shape index (κ2) is 6.44. The van der Waals surface area contributed by atoms with Gasteiger partial charge in [0.25, 0.3) is 0 Å². The Balaban J connectivity index is 2.55. The Labute approximate surface area is 111 Å². The molecule has 0 fully saturated rings. The van der Waals surface area contributed by atoms with Gasteiger partial charge in [-0.1, -0.05) is 6.58 Å². The van der Waals surface area contributed by atoms with E-state index in [0.717, 1.165) is 6.08 Å². The quantitative estimate of drug-likeness (QED) is 0.469. The van der Waals surface area contributed by atoms with Gasteiger partial charge in [0.1, 0.15) is 12.7 Å². The summed E-state index contributed by atoms with van der Waals surface area (Å²) in [5.41, 5.74) is 12.1. The van der Waals surface area contributed by atoms with Gasteiger partial charge in [-0.05, 0) is 25.1 Å². The standard InChI is InChI=1S/C13H16N2O4/c1-3-12(16)19-8(2)7-18-13(17)9-4-10(14)6-11(15)5-9/h3-6,8H,1,7,14-15H2,2H3. The largest absolute Gasteiger partial charge is 0.458 e. The Morgan fingerprint density at radius 2 is 1.89 bits per heavy atom. The van der Waals surface area contributed by atoms with Crippen LogP contribution in [0, 0.1) is 0 Å². The minimum Gasteiger partial charge on any atom is -0.458 e. The SMILES string of the molecule is C=CC(=O)OC(C)COC(=O)c1cc(N)cc(N)c1. The summed E-state index contributed by atoms with van der Waals surface area (Å²) in [4.78, 5) is 22.6. The number of nitrogens with two attached hydrogens (primary N) is 2. The van der Waals surface area contributed by atoms with E-state index < -0.39 is 18.0 Å². The summed E-state index contributed by atoms with van der Waals surface area (Å²) in [6, 6.07) is 4.45. The van der Waals surface area contributed by atoms with Crippen LogP contribution in [0.5, 0.6) is 0 Å². The monoisotopic (exact) mass is 264 g/mol. The Kier molecular flexibility index (Phi) is 4.93. The summed E-state index contributed by atoms with van der Waals surface area (Å²) in [5, 5.41) is 0. The molecule has 102 valence electrons. The van der Waals surface area contributed by atoms with Gasteiger partial charge in [-0.25, -0.2) is 9.59 Å². The van der Waals surface area contributed by atoms with Crippen molar-refractivity contribution in [2.45, 2.75) is 13.0 Å². The molecule has 6 heteroatoms. The zero-order valence-corrected chi connectivity index (χ0v) is 10.6. The van der Waals surface area contributed by atoms with Crippen molar-refractivity contribution in [3.8, 4) is 0 Å². The van der Waals surface area contributed by atoms with Gasteiger partial charge in [-0.3, -0.25) is 0 Å². The molecule has 6 nitrogen and oxygen atoms in total. The predicted molar refractivity (Wildman–Crippen MR) is 71.3 cm³/mol. The van der Waals surface area contributed by atoms with Crippen LogP contribution >= 0.6 is 0 Å². The first-order valence-electron chi connectivity index (χ1n) is 5.58. The number of anilines is 2. The topological polar surface area (TPSA) is 105 Å². The first-order chi connectivity index (χ1) is 8.92. The minimum absolute atomic E-state index is 0.0624. The van der Waals surface area contributed by atoms with Crippen molar-refractivity contribution < 1.29 is 19.1 Å². The molecule has 0 amide bonds.